The maximum Gasteiger partial charge on any atom is 0.204 e. The minimum atomic E-state index is -0.818. The van der Waals surface area contributed by atoms with Gasteiger partial charge in [0.15, 0.2) is 5.88 Å². The van der Waals surface area contributed by atoms with Crippen LogP contribution in [0.5, 0.6) is 11.8 Å². The molecule has 0 bridgehead atoms. The lowest BCUT2D eigenvalue weighted by Gasteiger charge is -2.08. The average Bonchev–Trinajstić information content (AvgIpc) is 2.58. The molecule has 0 saturated heterocycles. The highest BCUT2D eigenvalue weighted by Crippen LogP contribution is 2.33. The van der Waals surface area contributed by atoms with Crippen LogP contribution in [0.1, 0.15) is 11.1 Å². The summed E-state index contributed by atoms with van der Waals surface area (Å²) in [6.45, 7) is 1.07. The van der Waals surface area contributed by atoms with Crippen LogP contribution in [0.2, 0.25) is 0 Å². The third-order valence-corrected chi connectivity index (χ3v) is 3.46. The maximum atomic E-state index is 12.5. The topological polar surface area (TPSA) is 45.4 Å². The van der Waals surface area contributed by atoms with Crippen molar-refractivity contribution in [1.82, 2.24) is 4.57 Å². The lowest BCUT2D eigenvalue weighted by Crippen LogP contribution is -1.94. The first-order valence-electron chi connectivity index (χ1n) is 4.99. The SMILES string of the molecule is Cc1cc(-n2c(O)cc(CF)c2O)ccc1Br. The third kappa shape index (κ3) is 2.02. The number of aromatic hydroxyl groups is 2. The number of benzene rings is 1. The van der Waals surface area contributed by atoms with Gasteiger partial charge in [0, 0.05) is 16.1 Å². The van der Waals surface area contributed by atoms with Crippen molar-refractivity contribution in [2.75, 3.05) is 0 Å². The van der Waals surface area contributed by atoms with Crippen molar-refractivity contribution in [1.29, 1.82) is 0 Å². The Labute approximate surface area is 106 Å². The summed E-state index contributed by atoms with van der Waals surface area (Å²) in [5.74, 6) is -0.455. The van der Waals surface area contributed by atoms with Crippen LogP contribution >= 0.6 is 15.9 Å². The fraction of sp³-hybridized carbons (Fsp3) is 0.167. The van der Waals surface area contributed by atoms with E-state index in [1.165, 1.54) is 10.6 Å². The second kappa shape index (κ2) is 4.41. The molecular formula is C12H11BrFNO2. The van der Waals surface area contributed by atoms with E-state index in [1.54, 1.807) is 18.2 Å². The molecule has 2 aromatic rings. The highest BCUT2D eigenvalue weighted by atomic mass is 79.9. The van der Waals surface area contributed by atoms with Crippen LogP contribution in [0.25, 0.3) is 5.69 Å². The van der Waals surface area contributed by atoms with Crippen LogP contribution in [0, 0.1) is 6.92 Å². The van der Waals surface area contributed by atoms with Crippen molar-refractivity contribution in [3.63, 3.8) is 0 Å². The zero-order valence-corrected chi connectivity index (χ0v) is 10.7. The van der Waals surface area contributed by atoms with Crippen LogP contribution in [0.4, 0.5) is 4.39 Å². The minimum Gasteiger partial charge on any atom is -0.494 e. The van der Waals surface area contributed by atoms with E-state index in [0.717, 1.165) is 10.0 Å². The van der Waals surface area contributed by atoms with E-state index in [1.807, 2.05) is 6.92 Å². The zero-order valence-electron chi connectivity index (χ0n) is 9.11. The summed E-state index contributed by atoms with van der Waals surface area (Å²) in [5, 5.41) is 19.5. The van der Waals surface area contributed by atoms with Crippen LogP contribution in [0.15, 0.2) is 28.7 Å². The van der Waals surface area contributed by atoms with Gasteiger partial charge in [-0.2, -0.15) is 0 Å². The summed E-state index contributed by atoms with van der Waals surface area (Å²) < 4.78 is 14.7. The van der Waals surface area contributed by atoms with Crippen LogP contribution in [-0.2, 0) is 6.67 Å². The summed E-state index contributed by atoms with van der Waals surface area (Å²) in [6.07, 6.45) is 0. The number of aryl methyl sites for hydroxylation is 1. The molecule has 17 heavy (non-hydrogen) atoms. The fourth-order valence-electron chi connectivity index (χ4n) is 1.66. The lowest BCUT2D eigenvalue weighted by molar-refractivity contribution is 0.393. The zero-order chi connectivity index (χ0) is 12.6. The quantitative estimate of drug-likeness (QED) is 0.892. The highest BCUT2D eigenvalue weighted by molar-refractivity contribution is 9.10. The third-order valence-electron chi connectivity index (χ3n) is 2.58. The van der Waals surface area contributed by atoms with Gasteiger partial charge in [0.2, 0.25) is 5.88 Å². The molecule has 3 nitrogen and oxygen atoms in total. The molecule has 0 fully saturated rings. The number of alkyl halides is 1. The van der Waals surface area contributed by atoms with E-state index in [0.29, 0.717) is 5.69 Å². The molecule has 0 aliphatic heterocycles. The monoisotopic (exact) mass is 299 g/mol. The fourth-order valence-corrected chi connectivity index (χ4v) is 1.90. The molecule has 0 spiro atoms. The van der Waals surface area contributed by atoms with Crippen molar-refractivity contribution < 1.29 is 14.6 Å². The molecule has 90 valence electrons. The van der Waals surface area contributed by atoms with Crippen LogP contribution in [0.3, 0.4) is 0 Å². The van der Waals surface area contributed by atoms with Crippen molar-refractivity contribution in [3.05, 3.63) is 39.9 Å². The summed E-state index contributed by atoms with van der Waals surface area (Å²) in [7, 11) is 0. The van der Waals surface area contributed by atoms with Gasteiger partial charge in [-0.1, -0.05) is 15.9 Å². The van der Waals surface area contributed by atoms with E-state index in [4.69, 9.17) is 0 Å². The first-order valence-corrected chi connectivity index (χ1v) is 5.79. The van der Waals surface area contributed by atoms with Crippen LogP contribution < -0.4 is 0 Å². The molecule has 5 heteroatoms. The minimum absolute atomic E-state index is 0.0723. The number of hydrogen-bond acceptors (Lipinski definition) is 2. The standard InChI is InChI=1S/C12H11BrFNO2/c1-7-4-9(2-3-10(7)13)15-11(16)5-8(6-14)12(15)17/h2-5,16-17H,6H2,1H3. The Balaban J connectivity index is 2.60. The van der Waals surface area contributed by atoms with E-state index < -0.39 is 6.67 Å². The van der Waals surface area contributed by atoms with Gasteiger partial charge < -0.3 is 10.2 Å². The van der Waals surface area contributed by atoms with Crippen molar-refractivity contribution in [2.24, 2.45) is 0 Å². The number of aromatic nitrogens is 1. The van der Waals surface area contributed by atoms with Crippen LogP contribution in [-0.4, -0.2) is 14.8 Å². The Hall–Kier alpha value is -1.49. The molecule has 0 aliphatic rings. The molecule has 0 aliphatic carbocycles. The molecular weight excluding hydrogens is 289 g/mol. The Morgan fingerprint density at radius 2 is 2.00 bits per heavy atom. The average molecular weight is 300 g/mol. The van der Waals surface area contributed by atoms with Gasteiger partial charge >= 0.3 is 0 Å². The van der Waals surface area contributed by atoms with Gasteiger partial charge in [-0.25, -0.2) is 4.39 Å². The summed E-state index contributed by atoms with van der Waals surface area (Å²) >= 11 is 3.36. The molecule has 0 atom stereocenters. The van der Waals surface area contributed by atoms with E-state index in [2.05, 4.69) is 15.9 Å². The first-order chi connectivity index (χ1) is 8.04. The normalized spacial score (nSPS) is 10.8. The molecule has 2 rings (SSSR count). The number of halogens is 2. The summed E-state index contributed by atoms with van der Waals surface area (Å²) in [4.78, 5) is 0. The van der Waals surface area contributed by atoms with E-state index in [9.17, 15) is 14.6 Å². The second-order valence-electron chi connectivity index (χ2n) is 3.75. The Kier molecular flexibility index (Phi) is 3.11. The Bertz CT molecular complexity index is 566. The van der Waals surface area contributed by atoms with E-state index in [-0.39, 0.29) is 17.3 Å². The number of nitrogens with zero attached hydrogens (tertiary/aromatic N) is 1. The Morgan fingerprint density at radius 1 is 1.29 bits per heavy atom. The summed E-state index contributed by atoms with van der Waals surface area (Å²) in [6, 6.07) is 6.52. The predicted octanol–water partition coefficient (Wildman–Crippen LogP) is 3.43. The Morgan fingerprint density at radius 3 is 2.53 bits per heavy atom. The molecule has 1 aromatic heterocycles. The lowest BCUT2D eigenvalue weighted by atomic mass is 10.2. The van der Waals surface area contributed by atoms with Gasteiger partial charge in [-0.05, 0) is 30.7 Å². The van der Waals surface area contributed by atoms with Crippen molar-refractivity contribution >= 4 is 15.9 Å². The molecule has 0 amide bonds. The second-order valence-corrected chi connectivity index (χ2v) is 4.61. The smallest absolute Gasteiger partial charge is 0.204 e. The maximum absolute atomic E-state index is 12.5. The van der Waals surface area contributed by atoms with Gasteiger partial charge in [-0.3, -0.25) is 4.57 Å². The van der Waals surface area contributed by atoms with Gasteiger partial charge in [0.1, 0.15) is 6.67 Å². The highest BCUT2D eigenvalue weighted by Gasteiger charge is 2.15. The molecule has 1 aromatic carbocycles. The molecule has 2 N–H and O–H groups in total. The van der Waals surface area contributed by atoms with Gasteiger partial charge in [-0.15, -0.1) is 0 Å². The molecule has 0 radical (unpaired) electrons. The number of hydrogen-bond donors (Lipinski definition) is 2. The van der Waals surface area contributed by atoms with Gasteiger partial charge in [0.05, 0.1) is 5.69 Å². The van der Waals surface area contributed by atoms with Gasteiger partial charge in [0.25, 0.3) is 0 Å². The predicted molar refractivity (Wildman–Crippen MR) is 66.3 cm³/mol. The molecule has 0 unspecified atom stereocenters. The van der Waals surface area contributed by atoms with Crippen molar-refractivity contribution in [2.45, 2.75) is 13.6 Å². The first kappa shape index (κ1) is 12.0. The molecule has 0 saturated carbocycles. The van der Waals surface area contributed by atoms with Crippen molar-refractivity contribution in [3.8, 4) is 17.4 Å². The summed E-state index contributed by atoms with van der Waals surface area (Å²) in [5.41, 5.74) is 1.61. The van der Waals surface area contributed by atoms with E-state index >= 15 is 0 Å². The molecule has 1 heterocycles. The largest absolute Gasteiger partial charge is 0.494 e. The number of rotatable bonds is 2.